The van der Waals surface area contributed by atoms with E-state index in [1.54, 1.807) is 14.2 Å². The average Bonchev–Trinajstić information content (AvgIpc) is 3.24. The number of ether oxygens (including phenoxy) is 1. The highest BCUT2D eigenvalue weighted by Crippen LogP contribution is 2.28. The monoisotopic (exact) mass is 435 g/mol. The topological polar surface area (TPSA) is 91.7 Å². The maximum atomic E-state index is 12.6. The van der Waals surface area contributed by atoms with Crippen LogP contribution in [-0.4, -0.2) is 59.3 Å². The van der Waals surface area contributed by atoms with E-state index < -0.39 is 0 Å². The van der Waals surface area contributed by atoms with Crippen LogP contribution in [0.25, 0.3) is 11.3 Å². The van der Waals surface area contributed by atoms with Crippen LogP contribution >= 0.6 is 0 Å². The minimum Gasteiger partial charge on any atom is -0.497 e. The molecule has 8 nitrogen and oxygen atoms in total. The second-order valence-electron chi connectivity index (χ2n) is 7.89. The highest BCUT2D eigenvalue weighted by atomic mass is 16.5. The van der Waals surface area contributed by atoms with Gasteiger partial charge in [-0.15, -0.1) is 0 Å². The zero-order chi connectivity index (χ0) is 22.7. The molecule has 32 heavy (non-hydrogen) atoms. The molecule has 1 atom stereocenters. The van der Waals surface area contributed by atoms with E-state index in [-0.39, 0.29) is 18.7 Å². The fraction of sp³-hybridized carbons (Fsp3) is 0.333. The Bertz CT molecular complexity index is 1090. The third kappa shape index (κ3) is 4.32. The lowest BCUT2D eigenvalue weighted by Gasteiger charge is -2.28. The number of likely N-dealkylation sites (N-methyl/N-ethyl adjacent to an activating group) is 1. The third-order valence-electron chi connectivity index (χ3n) is 5.76. The van der Waals surface area contributed by atoms with Crippen molar-refractivity contribution in [2.24, 2.45) is 0 Å². The number of carbonyl (C=O) groups excluding carboxylic acids is 1. The van der Waals surface area contributed by atoms with Crippen LogP contribution in [0.15, 0.2) is 48.7 Å². The van der Waals surface area contributed by atoms with Crippen LogP contribution in [0.3, 0.4) is 0 Å². The molecular weight excluding hydrogens is 406 g/mol. The van der Waals surface area contributed by atoms with Crippen molar-refractivity contribution >= 4 is 11.6 Å². The highest BCUT2D eigenvalue weighted by molar-refractivity contribution is 5.96. The van der Waals surface area contributed by atoms with E-state index in [2.05, 4.69) is 20.2 Å². The molecule has 2 aromatic carbocycles. The van der Waals surface area contributed by atoms with Gasteiger partial charge >= 0.3 is 0 Å². The summed E-state index contributed by atoms with van der Waals surface area (Å²) in [6.45, 7) is 3.81. The largest absolute Gasteiger partial charge is 0.497 e. The number of fused-ring (bicyclic) bond motifs is 1. The number of hydrogen-bond acceptors (Lipinski definition) is 6. The number of aryl methyl sites for hydroxylation is 1. The number of aromatic nitrogens is 2. The van der Waals surface area contributed by atoms with E-state index >= 15 is 0 Å². The Balaban J connectivity index is 1.54. The van der Waals surface area contributed by atoms with Gasteiger partial charge in [0.15, 0.2) is 0 Å². The molecule has 1 amide bonds. The highest BCUT2D eigenvalue weighted by Gasteiger charge is 2.24. The van der Waals surface area contributed by atoms with Gasteiger partial charge in [-0.05, 0) is 55.0 Å². The van der Waals surface area contributed by atoms with Gasteiger partial charge in [0.25, 0.3) is 5.91 Å². The van der Waals surface area contributed by atoms with Gasteiger partial charge in [0.1, 0.15) is 17.7 Å². The first-order valence-electron chi connectivity index (χ1n) is 10.7. The summed E-state index contributed by atoms with van der Waals surface area (Å²) in [5, 5.41) is 16.1. The van der Waals surface area contributed by atoms with Crippen LogP contribution in [0.2, 0.25) is 0 Å². The number of methoxy groups -OCH3 is 1. The zero-order valence-electron chi connectivity index (χ0n) is 18.6. The van der Waals surface area contributed by atoms with E-state index in [4.69, 9.17) is 9.84 Å². The number of nitrogens with one attached hydrogen (secondary N) is 2. The molecule has 0 bridgehead atoms. The molecule has 0 saturated carbocycles. The van der Waals surface area contributed by atoms with Gasteiger partial charge in [-0.25, -0.2) is 4.98 Å². The zero-order valence-corrected chi connectivity index (χ0v) is 18.6. The van der Waals surface area contributed by atoms with Crippen molar-refractivity contribution in [3.8, 4) is 17.0 Å². The molecule has 1 aliphatic heterocycles. The Morgan fingerprint density at radius 2 is 2.09 bits per heavy atom. The summed E-state index contributed by atoms with van der Waals surface area (Å²) < 4.78 is 7.49. The van der Waals surface area contributed by atoms with E-state index in [1.807, 2.05) is 55.6 Å². The smallest absolute Gasteiger partial charge is 0.253 e. The van der Waals surface area contributed by atoms with E-state index in [0.717, 1.165) is 47.2 Å². The van der Waals surface area contributed by atoms with Crippen molar-refractivity contribution in [3.05, 3.63) is 65.6 Å². The second kappa shape index (κ2) is 9.42. The van der Waals surface area contributed by atoms with E-state index in [9.17, 15) is 4.79 Å². The fourth-order valence-electron chi connectivity index (χ4n) is 3.99. The minimum atomic E-state index is -0.145. The van der Waals surface area contributed by atoms with E-state index in [0.29, 0.717) is 12.1 Å². The van der Waals surface area contributed by atoms with Crippen molar-refractivity contribution in [2.45, 2.75) is 19.6 Å². The van der Waals surface area contributed by atoms with Gasteiger partial charge < -0.3 is 24.6 Å². The van der Waals surface area contributed by atoms with E-state index in [1.165, 1.54) is 4.90 Å². The van der Waals surface area contributed by atoms with Crippen LogP contribution < -0.4 is 15.4 Å². The van der Waals surface area contributed by atoms with Crippen LogP contribution in [0.5, 0.6) is 5.75 Å². The SMILES string of the molecule is COc1ccc(-c2cnc3n2CCNC3Nc2ccc(C(=O)N(C)CCO)c(C)c2)cc1. The van der Waals surface area contributed by atoms with Crippen molar-refractivity contribution in [1.29, 1.82) is 0 Å². The predicted molar refractivity (Wildman–Crippen MR) is 124 cm³/mol. The summed E-state index contributed by atoms with van der Waals surface area (Å²) in [6.07, 6.45) is 1.76. The molecule has 0 spiro atoms. The molecule has 8 heteroatoms. The van der Waals surface area contributed by atoms with Gasteiger partial charge in [0, 0.05) is 43.5 Å². The first kappa shape index (κ1) is 21.9. The molecule has 2 heterocycles. The Morgan fingerprint density at radius 3 is 2.78 bits per heavy atom. The number of aliphatic hydroxyl groups is 1. The number of benzene rings is 2. The summed E-state index contributed by atoms with van der Waals surface area (Å²) in [7, 11) is 3.35. The molecule has 1 aliphatic rings. The Morgan fingerprint density at radius 1 is 1.31 bits per heavy atom. The maximum absolute atomic E-state index is 12.6. The number of amides is 1. The van der Waals surface area contributed by atoms with Crippen molar-refractivity contribution in [1.82, 2.24) is 19.8 Å². The number of anilines is 1. The van der Waals surface area contributed by atoms with Gasteiger partial charge in [-0.2, -0.15) is 0 Å². The van der Waals surface area contributed by atoms with Crippen molar-refractivity contribution in [3.63, 3.8) is 0 Å². The molecule has 3 aromatic rings. The molecule has 0 saturated heterocycles. The molecule has 3 N–H and O–H groups in total. The number of nitrogens with zero attached hydrogens (tertiary/aromatic N) is 3. The summed E-state index contributed by atoms with van der Waals surface area (Å²) in [5.74, 6) is 1.65. The quantitative estimate of drug-likeness (QED) is 0.529. The van der Waals surface area contributed by atoms with Gasteiger partial charge in [0.2, 0.25) is 0 Å². The standard InChI is InChI=1S/C24H29N5O3/c1-16-14-18(6-9-20(16)24(31)28(2)12-13-30)27-22-23-26-15-21(29(23)11-10-25-22)17-4-7-19(32-3)8-5-17/h4-9,14-15,22,25,27,30H,10-13H2,1-3H3. The van der Waals surface area contributed by atoms with Gasteiger partial charge in [-0.3, -0.25) is 10.1 Å². The van der Waals surface area contributed by atoms with Gasteiger partial charge in [-0.1, -0.05) is 0 Å². The second-order valence-corrected chi connectivity index (χ2v) is 7.89. The molecule has 0 radical (unpaired) electrons. The molecule has 4 rings (SSSR count). The van der Waals surface area contributed by atoms with Crippen LogP contribution in [0.1, 0.15) is 27.9 Å². The lowest BCUT2D eigenvalue weighted by Crippen LogP contribution is -2.38. The van der Waals surface area contributed by atoms with Crippen molar-refractivity contribution in [2.75, 3.05) is 39.2 Å². The maximum Gasteiger partial charge on any atom is 0.253 e. The number of imidazole rings is 1. The summed E-state index contributed by atoms with van der Waals surface area (Å²) in [4.78, 5) is 18.8. The first-order chi connectivity index (χ1) is 15.5. The number of aliphatic hydroxyl groups excluding tert-OH is 1. The molecule has 0 aliphatic carbocycles. The molecule has 1 aromatic heterocycles. The minimum absolute atomic E-state index is 0.0561. The van der Waals surface area contributed by atoms with Crippen LogP contribution in [0.4, 0.5) is 5.69 Å². The molecular formula is C24H29N5O3. The number of carbonyl (C=O) groups is 1. The Hall–Kier alpha value is -3.36. The van der Waals surface area contributed by atoms with Crippen LogP contribution in [0, 0.1) is 6.92 Å². The Kier molecular flexibility index (Phi) is 6.43. The van der Waals surface area contributed by atoms with Gasteiger partial charge in [0.05, 0.1) is 25.6 Å². The molecule has 1 unspecified atom stereocenters. The van der Waals surface area contributed by atoms with Crippen LogP contribution in [-0.2, 0) is 6.54 Å². The molecule has 0 fully saturated rings. The summed E-state index contributed by atoms with van der Waals surface area (Å²) in [6, 6.07) is 13.7. The molecule has 168 valence electrons. The predicted octanol–water partition coefficient (Wildman–Crippen LogP) is 2.65. The number of hydrogen-bond donors (Lipinski definition) is 3. The average molecular weight is 436 g/mol. The number of rotatable bonds is 7. The lowest BCUT2D eigenvalue weighted by molar-refractivity contribution is 0.0766. The first-order valence-corrected chi connectivity index (χ1v) is 10.7. The lowest BCUT2D eigenvalue weighted by atomic mass is 10.1. The summed E-state index contributed by atoms with van der Waals surface area (Å²) in [5.41, 5.74) is 4.58. The summed E-state index contributed by atoms with van der Waals surface area (Å²) >= 11 is 0. The Labute approximate surface area is 187 Å². The fourth-order valence-corrected chi connectivity index (χ4v) is 3.99. The normalized spacial score (nSPS) is 15.2. The third-order valence-corrected chi connectivity index (χ3v) is 5.76. The van der Waals surface area contributed by atoms with Crippen molar-refractivity contribution < 1.29 is 14.6 Å².